The van der Waals surface area contributed by atoms with Gasteiger partial charge in [0.2, 0.25) is 0 Å². The predicted octanol–water partition coefficient (Wildman–Crippen LogP) is 1.58. The molecule has 0 bridgehead atoms. The van der Waals surface area contributed by atoms with Crippen LogP contribution in [0.15, 0.2) is 42.7 Å². The molecule has 94 valence electrons. The van der Waals surface area contributed by atoms with E-state index in [-0.39, 0.29) is 0 Å². The molecule has 1 atom stereocenters. The van der Waals surface area contributed by atoms with Gasteiger partial charge in [0.25, 0.3) is 0 Å². The average molecular weight is 240 g/mol. The molecule has 0 aliphatic rings. The van der Waals surface area contributed by atoms with Gasteiger partial charge in [0, 0.05) is 5.72 Å². The van der Waals surface area contributed by atoms with E-state index >= 15 is 0 Å². The fourth-order valence-corrected chi connectivity index (χ4v) is 2.35. The van der Waals surface area contributed by atoms with E-state index in [2.05, 4.69) is 87.1 Å². The van der Waals surface area contributed by atoms with Gasteiger partial charge >= 0.3 is 0 Å². The van der Waals surface area contributed by atoms with Gasteiger partial charge in [-0.2, -0.15) is 13.1 Å². The zero-order valence-corrected chi connectivity index (χ0v) is 11.7. The van der Waals surface area contributed by atoms with Gasteiger partial charge in [-0.3, -0.25) is 9.13 Å². The zero-order valence-electron chi connectivity index (χ0n) is 11.7. The summed E-state index contributed by atoms with van der Waals surface area (Å²) in [5.41, 5.74) is 2.63. The summed E-state index contributed by atoms with van der Waals surface area (Å²) in [7, 11) is 6.54. The molecule has 0 N–H and O–H groups in total. The highest BCUT2D eigenvalue weighted by molar-refractivity contribution is 6.52. The minimum Gasteiger partial charge on any atom is -0.280 e. The first-order chi connectivity index (χ1) is 8.59. The predicted molar refractivity (Wildman–Crippen MR) is 76.0 cm³/mol. The number of nitrogens with zero attached hydrogens (tertiary/aromatic N) is 2. The van der Waals surface area contributed by atoms with Crippen LogP contribution in [0.5, 0.6) is 0 Å². The van der Waals surface area contributed by atoms with Crippen LogP contribution in [-0.2, 0) is 14.1 Å². The lowest BCUT2D eigenvalue weighted by Gasteiger charge is -2.31. The van der Waals surface area contributed by atoms with Gasteiger partial charge in [-0.25, -0.2) is 0 Å². The van der Waals surface area contributed by atoms with Crippen LogP contribution in [0.2, 0.25) is 0 Å². The molecule has 1 aromatic carbocycles. The van der Waals surface area contributed by atoms with E-state index in [4.69, 9.17) is 0 Å². The minimum absolute atomic E-state index is 0.450. The fraction of sp³-hybridized carbons (Fsp3) is 0.400. The lowest BCUT2D eigenvalue weighted by atomic mass is 9.56. The number of rotatable bonds is 4. The van der Waals surface area contributed by atoms with Gasteiger partial charge in [0.15, 0.2) is 0 Å². The molecule has 0 saturated carbocycles. The first-order valence-corrected chi connectivity index (χ1v) is 6.50. The second kappa shape index (κ2) is 5.43. The third kappa shape index (κ3) is 2.66. The molecular weight excluding hydrogens is 219 g/mol. The summed E-state index contributed by atoms with van der Waals surface area (Å²) in [5.74, 6) is 1.04. The van der Waals surface area contributed by atoms with E-state index in [0.717, 1.165) is 0 Å². The monoisotopic (exact) mass is 240 g/mol. The molecule has 0 aliphatic carbocycles. The molecule has 0 saturated heterocycles. The van der Waals surface area contributed by atoms with Crippen molar-refractivity contribution < 1.29 is 4.57 Å². The van der Waals surface area contributed by atoms with Crippen molar-refractivity contribution in [2.24, 2.45) is 20.0 Å². The number of benzene rings is 1. The highest BCUT2D eigenvalue weighted by atomic mass is 15.1. The maximum absolute atomic E-state index is 2.36. The maximum atomic E-state index is 2.36. The third-order valence-corrected chi connectivity index (χ3v) is 3.47. The van der Waals surface area contributed by atoms with Crippen molar-refractivity contribution in [1.29, 1.82) is 0 Å². The maximum Gasteiger partial charge on any atom is 0.125 e. The average Bonchev–Trinajstić information content (AvgIpc) is 2.67. The second-order valence-electron chi connectivity index (χ2n) is 5.23. The Balaban J connectivity index is 2.28. The zero-order chi connectivity index (χ0) is 13.1. The lowest BCUT2D eigenvalue weighted by molar-refractivity contribution is -0.653. The van der Waals surface area contributed by atoms with Crippen molar-refractivity contribution >= 4 is 13.0 Å². The van der Waals surface area contributed by atoms with Gasteiger partial charge in [-0.05, 0) is 0 Å². The van der Waals surface area contributed by atoms with Crippen LogP contribution in [0.4, 0.5) is 0 Å². The molecule has 2 aromatic rings. The lowest BCUT2D eigenvalue weighted by Crippen LogP contribution is -2.51. The van der Waals surface area contributed by atoms with Gasteiger partial charge in [-0.15, -0.1) is 0 Å². The molecular formula is C15H21BN2. The first kappa shape index (κ1) is 12.9. The largest absolute Gasteiger partial charge is 0.280 e. The Morgan fingerprint density at radius 1 is 1.17 bits per heavy atom. The fourth-order valence-electron chi connectivity index (χ4n) is 2.35. The van der Waals surface area contributed by atoms with E-state index in [1.165, 1.54) is 11.3 Å². The number of hydrogen-bond acceptors (Lipinski definition) is 0. The van der Waals surface area contributed by atoms with Crippen LogP contribution >= 0.6 is 0 Å². The minimum atomic E-state index is 0.450. The Labute approximate surface area is 111 Å². The van der Waals surface area contributed by atoms with Crippen LogP contribution < -0.4 is 10.3 Å². The molecule has 0 aliphatic heterocycles. The summed E-state index contributed by atoms with van der Waals surface area (Å²) in [4.78, 5) is 0. The first-order valence-electron chi connectivity index (χ1n) is 6.50. The molecule has 1 heterocycles. The third-order valence-electron chi connectivity index (χ3n) is 3.47. The highest BCUT2D eigenvalue weighted by Crippen LogP contribution is 2.22. The summed E-state index contributed by atoms with van der Waals surface area (Å²) < 4.78 is 4.33. The smallest absolute Gasteiger partial charge is 0.125 e. The number of hydrogen-bond donors (Lipinski definition) is 0. The molecule has 2 rings (SSSR count). The van der Waals surface area contributed by atoms with E-state index in [1.807, 2.05) is 0 Å². The standard InChI is InChI=1S/C15H21BN2/c1-12(2)14(13-8-6-5-7-9-13)16-15-17(3)10-11-18(15)4/h5-12,14H,1-4H3. The van der Waals surface area contributed by atoms with Crippen LogP contribution in [0.1, 0.15) is 25.2 Å². The Bertz CT molecular complexity index is 483. The number of aryl methyl sites for hydroxylation is 2. The topological polar surface area (TPSA) is 8.81 Å². The Morgan fingerprint density at radius 2 is 1.83 bits per heavy atom. The quantitative estimate of drug-likeness (QED) is 0.566. The summed E-state index contributed by atoms with van der Waals surface area (Å²) in [6.07, 6.45) is 4.18. The number of imidazole rings is 1. The van der Waals surface area contributed by atoms with Crippen LogP contribution in [0.3, 0.4) is 0 Å². The van der Waals surface area contributed by atoms with Gasteiger partial charge in [0.05, 0.1) is 14.1 Å². The molecule has 3 heteroatoms. The van der Waals surface area contributed by atoms with Crippen LogP contribution in [-0.4, -0.2) is 11.8 Å². The van der Waals surface area contributed by atoms with Crippen molar-refractivity contribution in [2.45, 2.75) is 19.7 Å². The van der Waals surface area contributed by atoms with Crippen molar-refractivity contribution in [3.63, 3.8) is 0 Å². The van der Waals surface area contributed by atoms with Gasteiger partial charge in [-0.1, -0.05) is 55.7 Å². The highest BCUT2D eigenvalue weighted by Gasteiger charge is 2.10. The molecule has 0 amide bonds. The van der Waals surface area contributed by atoms with E-state index in [9.17, 15) is 0 Å². The summed E-state index contributed by atoms with van der Waals surface area (Å²) >= 11 is 0. The number of aromatic nitrogens is 2. The second-order valence-corrected chi connectivity index (χ2v) is 5.23. The summed E-state index contributed by atoms with van der Waals surface area (Å²) in [6.45, 7) is 4.55. The van der Waals surface area contributed by atoms with Crippen LogP contribution in [0.25, 0.3) is 0 Å². The molecule has 2 nitrogen and oxygen atoms in total. The normalized spacial score (nSPS) is 12.9. The van der Waals surface area contributed by atoms with Crippen LogP contribution in [0, 0.1) is 5.92 Å². The Kier molecular flexibility index (Phi) is 3.90. The van der Waals surface area contributed by atoms with E-state index in [1.54, 1.807) is 0 Å². The van der Waals surface area contributed by atoms with Crippen molar-refractivity contribution in [3.8, 4) is 0 Å². The van der Waals surface area contributed by atoms with Crippen molar-refractivity contribution in [1.82, 2.24) is 4.57 Å². The SMILES string of the molecule is CC(C)C([B-]c1n(C)cc[n+]1C)c1ccccc1. The van der Waals surface area contributed by atoms with Gasteiger partial charge < -0.3 is 0 Å². The summed E-state index contributed by atoms with van der Waals surface area (Å²) in [5, 5.41) is 0. The molecule has 0 spiro atoms. The van der Waals surface area contributed by atoms with Crippen molar-refractivity contribution in [2.75, 3.05) is 0 Å². The molecule has 1 aromatic heterocycles. The Morgan fingerprint density at radius 3 is 2.33 bits per heavy atom. The molecule has 0 fully saturated rings. The summed E-state index contributed by atoms with van der Waals surface area (Å²) in [6, 6.07) is 10.7. The molecule has 18 heavy (non-hydrogen) atoms. The molecule has 1 unspecified atom stereocenters. The Hall–Kier alpha value is -1.51. The van der Waals surface area contributed by atoms with E-state index in [0.29, 0.717) is 11.7 Å². The molecule has 2 radical (unpaired) electrons. The van der Waals surface area contributed by atoms with Gasteiger partial charge in [0.1, 0.15) is 12.4 Å². The van der Waals surface area contributed by atoms with E-state index < -0.39 is 0 Å². The van der Waals surface area contributed by atoms with Crippen molar-refractivity contribution in [3.05, 3.63) is 48.3 Å².